The fourth-order valence-corrected chi connectivity index (χ4v) is 4.31. The Morgan fingerprint density at radius 1 is 1.03 bits per heavy atom. The Morgan fingerprint density at radius 3 is 2.31 bits per heavy atom. The maximum Gasteiger partial charge on any atom is 0.254 e. The lowest BCUT2D eigenvalue weighted by atomic mass is 10.0. The molecule has 1 aromatic rings. The molecule has 1 amide bonds. The Morgan fingerprint density at radius 2 is 1.71 bits per heavy atom. The third-order valence-corrected chi connectivity index (χ3v) is 6.11. The minimum Gasteiger partial charge on any atom is -0.498 e. The molecule has 2 atom stereocenters. The topological polar surface area (TPSA) is 83.2 Å². The standard InChI is InChI=1S/C28H44N2O5/c1-20(2)30(21(3)4)28(31)22-13-14-25(27(17-22)33-6)35-16-9-7-8-15-34-24-12-10-11-23(19-29)26(18-24)32-5/h10-11,13-14,17-18,20-21,23,26H,7-9,12,15-16,19,29H2,1-6H3. The van der Waals surface area contributed by atoms with E-state index < -0.39 is 0 Å². The van der Waals surface area contributed by atoms with Crippen molar-refractivity contribution < 1.29 is 23.7 Å². The van der Waals surface area contributed by atoms with Gasteiger partial charge in [-0.3, -0.25) is 4.79 Å². The number of nitrogens with zero attached hydrogens (tertiary/aromatic N) is 1. The Kier molecular flexibility index (Phi) is 12.1. The summed E-state index contributed by atoms with van der Waals surface area (Å²) in [5.74, 6) is 2.34. The highest BCUT2D eigenvalue weighted by atomic mass is 16.5. The van der Waals surface area contributed by atoms with Gasteiger partial charge in [0.25, 0.3) is 5.91 Å². The Balaban J connectivity index is 1.78. The number of nitrogens with two attached hydrogens (primary N) is 1. The normalized spacial score (nSPS) is 17.8. The van der Waals surface area contributed by atoms with Gasteiger partial charge in [0.15, 0.2) is 11.5 Å². The predicted octanol–water partition coefficient (Wildman–Crippen LogP) is 4.95. The summed E-state index contributed by atoms with van der Waals surface area (Å²) in [6.07, 6.45) is 9.80. The van der Waals surface area contributed by atoms with Gasteiger partial charge < -0.3 is 29.6 Å². The van der Waals surface area contributed by atoms with Gasteiger partial charge in [-0.15, -0.1) is 0 Å². The van der Waals surface area contributed by atoms with Crippen molar-refractivity contribution in [2.75, 3.05) is 34.0 Å². The van der Waals surface area contributed by atoms with Gasteiger partial charge in [0.05, 0.1) is 32.2 Å². The molecule has 2 rings (SSSR count). The van der Waals surface area contributed by atoms with E-state index in [0.29, 0.717) is 36.8 Å². The molecule has 2 N–H and O–H groups in total. The van der Waals surface area contributed by atoms with Crippen LogP contribution in [-0.4, -0.2) is 63.0 Å². The van der Waals surface area contributed by atoms with Crippen LogP contribution >= 0.6 is 0 Å². The first-order chi connectivity index (χ1) is 16.8. The lowest BCUT2D eigenvalue weighted by Gasteiger charge is -2.31. The fourth-order valence-electron chi connectivity index (χ4n) is 4.31. The molecule has 0 fully saturated rings. The molecule has 35 heavy (non-hydrogen) atoms. The van der Waals surface area contributed by atoms with Gasteiger partial charge in [0, 0.05) is 43.6 Å². The summed E-state index contributed by atoms with van der Waals surface area (Å²) in [4.78, 5) is 14.8. The number of methoxy groups -OCH3 is 2. The van der Waals surface area contributed by atoms with Gasteiger partial charge in [0.2, 0.25) is 0 Å². The van der Waals surface area contributed by atoms with Crippen LogP contribution < -0.4 is 15.2 Å². The SMILES string of the molecule is COc1cc(C(=O)N(C(C)C)C(C)C)ccc1OCCCCCOC1=CC(OC)C(CN)C=CC1. The number of benzene rings is 1. The lowest BCUT2D eigenvalue weighted by molar-refractivity contribution is 0.0643. The first kappa shape index (κ1) is 28.7. The van der Waals surface area contributed by atoms with E-state index in [2.05, 4.69) is 12.2 Å². The van der Waals surface area contributed by atoms with Crippen LogP contribution in [0.4, 0.5) is 0 Å². The van der Waals surface area contributed by atoms with Crippen molar-refractivity contribution in [2.24, 2.45) is 11.7 Å². The molecular weight excluding hydrogens is 444 g/mol. The van der Waals surface area contributed by atoms with Crippen molar-refractivity contribution in [3.05, 3.63) is 47.7 Å². The maximum absolute atomic E-state index is 13.0. The minimum atomic E-state index is -0.0439. The van der Waals surface area contributed by atoms with E-state index in [0.717, 1.165) is 31.4 Å². The number of hydrogen-bond acceptors (Lipinski definition) is 6. The summed E-state index contributed by atoms with van der Waals surface area (Å²) in [6.45, 7) is 9.88. The van der Waals surface area contributed by atoms with Crippen molar-refractivity contribution in [3.63, 3.8) is 0 Å². The highest BCUT2D eigenvalue weighted by Gasteiger charge is 2.23. The second-order valence-electron chi connectivity index (χ2n) is 9.39. The summed E-state index contributed by atoms with van der Waals surface area (Å²) >= 11 is 0. The summed E-state index contributed by atoms with van der Waals surface area (Å²) in [5.41, 5.74) is 6.43. The second-order valence-corrected chi connectivity index (χ2v) is 9.39. The van der Waals surface area contributed by atoms with Gasteiger partial charge in [-0.1, -0.05) is 12.2 Å². The number of amides is 1. The number of rotatable bonds is 14. The van der Waals surface area contributed by atoms with Crippen molar-refractivity contribution in [1.82, 2.24) is 4.90 Å². The van der Waals surface area contributed by atoms with Crippen LogP contribution in [0, 0.1) is 5.92 Å². The molecule has 2 unspecified atom stereocenters. The Bertz CT molecular complexity index is 842. The molecule has 196 valence electrons. The average Bonchev–Trinajstić information content (AvgIpc) is 3.04. The van der Waals surface area contributed by atoms with E-state index in [9.17, 15) is 4.79 Å². The Hall–Kier alpha value is -2.51. The largest absolute Gasteiger partial charge is 0.498 e. The highest BCUT2D eigenvalue weighted by Crippen LogP contribution is 2.29. The van der Waals surface area contributed by atoms with Crippen LogP contribution in [0.15, 0.2) is 42.2 Å². The molecule has 0 radical (unpaired) electrons. The van der Waals surface area contributed by atoms with Crippen molar-refractivity contribution in [2.45, 2.75) is 71.6 Å². The number of carbonyl (C=O) groups excluding carboxylic acids is 1. The van der Waals surface area contributed by atoms with E-state index in [1.807, 2.05) is 50.8 Å². The molecule has 0 saturated heterocycles. The highest BCUT2D eigenvalue weighted by molar-refractivity contribution is 5.95. The molecule has 0 saturated carbocycles. The minimum absolute atomic E-state index is 0.00510. The molecule has 7 nitrogen and oxygen atoms in total. The molecule has 1 aromatic carbocycles. The lowest BCUT2D eigenvalue weighted by Crippen LogP contribution is -2.42. The molecule has 0 spiro atoms. The van der Waals surface area contributed by atoms with E-state index in [4.69, 9.17) is 24.7 Å². The maximum atomic E-state index is 13.0. The first-order valence-electron chi connectivity index (χ1n) is 12.7. The van der Waals surface area contributed by atoms with Crippen LogP contribution in [0.5, 0.6) is 11.5 Å². The van der Waals surface area contributed by atoms with Crippen LogP contribution in [0.25, 0.3) is 0 Å². The van der Waals surface area contributed by atoms with E-state index in [-0.39, 0.29) is 30.0 Å². The van der Waals surface area contributed by atoms with Gasteiger partial charge in [-0.2, -0.15) is 0 Å². The molecule has 7 heteroatoms. The van der Waals surface area contributed by atoms with E-state index in [1.54, 1.807) is 20.3 Å². The van der Waals surface area contributed by atoms with Crippen molar-refractivity contribution in [3.8, 4) is 11.5 Å². The molecule has 1 aliphatic rings. The third-order valence-electron chi connectivity index (χ3n) is 6.11. The van der Waals surface area contributed by atoms with Crippen molar-refractivity contribution in [1.29, 1.82) is 0 Å². The smallest absolute Gasteiger partial charge is 0.254 e. The number of unbranched alkanes of at least 4 members (excludes halogenated alkanes) is 2. The number of ether oxygens (including phenoxy) is 4. The summed E-state index contributed by atoms with van der Waals surface area (Å²) in [5, 5.41) is 0. The van der Waals surface area contributed by atoms with Gasteiger partial charge >= 0.3 is 0 Å². The predicted molar refractivity (Wildman–Crippen MR) is 140 cm³/mol. The molecule has 0 bridgehead atoms. The fraction of sp³-hybridized carbons (Fsp3) is 0.607. The second kappa shape index (κ2) is 14.8. The number of allylic oxidation sites excluding steroid dienone is 1. The summed E-state index contributed by atoms with van der Waals surface area (Å²) in [6, 6.07) is 5.63. The van der Waals surface area contributed by atoms with Crippen LogP contribution in [0.2, 0.25) is 0 Å². The average molecular weight is 489 g/mol. The molecule has 0 aromatic heterocycles. The van der Waals surface area contributed by atoms with E-state index >= 15 is 0 Å². The monoisotopic (exact) mass is 488 g/mol. The zero-order valence-corrected chi connectivity index (χ0v) is 22.3. The van der Waals surface area contributed by atoms with Crippen molar-refractivity contribution >= 4 is 5.91 Å². The zero-order chi connectivity index (χ0) is 25.8. The summed E-state index contributed by atoms with van der Waals surface area (Å²) in [7, 11) is 3.30. The van der Waals surface area contributed by atoms with Gasteiger partial charge in [0.1, 0.15) is 0 Å². The van der Waals surface area contributed by atoms with Crippen LogP contribution in [0.3, 0.4) is 0 Å². The molecule has 0 aliphatic heterocycles. The molecule has 0 heterocycles. The van der Waals surface area contributed by atoms with Crippen LogP contribution in [0.1, 0.15) is 63.7 Å². The Labute approximate surface area is 211 Å². The quantitative estimate of drug-likeness (QED) is 0.295. The number of hydrogen-bond donors (Lipinski definition) is 1. The summed E-state index contributed by atoms with van der Waals surface area (Å²) < 4.78 is 23.0. The van der Waals surface area contributed by atoms with Gasteiger partial charge in [-0.25, -0.2) is 0 Å². The number of carbonyl (C=O) groups is 1. The van der Waals surface area contributed by atoms with Gasteiger partial charge in [-0.05, 0) is 71.2 Å². The molecular formula is C28H44N2O5. The van der Waals surface area contributed by atoms with Crippen LogP contribution in [-0.2, 0) is 9.47 Å². The zero-order valence-electron chi connectivity index (χ0n) is 22.3. The first-order valence-corrected chi connectivity index (χ1v) is 12.7. The molecule has 1 aliphatic carbocycles. The third kappa shape index (κ3) is 8.58. The van der Waals surface area contributed by atoms with E-state index in [1.165, 1.54) is 0 Å².